The molecule has 3 heteroatoms. The van der Waals surface area contributed by atoms with Gasteiger partial charge in [0.25, 0.3) is 0 Å². The molecule has 0 saturated heterocycles. The van der Waals surface area contributed by atoms with Crippen LogP contribution in [0.5, 0.6) is 0 Å². The molecule has 21 heavy (non-hydrogen) atoms. The average molecular weight is 290 g/mol. The number of anilines is 1. The van der Waals surface area contributed by atoms with Gasteiger partial charge in [0.1, 0.15) is 0 Å². The van der Waals surface area contributed by atoms with E-state index in [1.165, 1.54) is 5.56 Å². The highest BCUT2D eigenvalue weighted by Gasteiger charge is 2.16. The van der Waals surface area contributed by atoms with Gasteiger partial charge < -0.3 is 10.6 Å². The van der Waals surface area contributed by atoms with Gasteiger partial charge in [-0.05, 0) is 30.5 Å². The van der Waals surface area contributed by atoms with Crippen LogP contribution in [0.25, 0.3) is 0 Å². The summed E-state index contributed by atoms with van der Waals surface area (Å²) in [6, 6.07) is 8.60. The van der Waals surface area contributed by atoms with Crippen molar-refractivity contribution in [3.05, 3.63) is 29.8 Å². The lowest BCUT2D eigenvalue weighted by Crippen LogP contribution is -2.23. The molecule has 0 aliphatic heterocycles. The molecule has 0 radical (unpaired) electrons. The van der Waals surface area contributed by atoms with E-state index in [0.717, 1.165) is 37.9 Å². The highest BCUT2D eigenvalue weighted by Crippen LogP contribution is 2.17. The molecular weight excluding hydrogens is 260 g/mol. The zero-order valence-electron chi connectivity index (χ0n) is 13.9. The van der Waals surface area contributed by atoms with Gasteiger partial charge >= 0.3 is 0 Å². The van der Waals surface area contributed by atoms with E-state index in [0.29, 0.717) is 6.04 Å². The lowest BCUT2D eigenvalue weighted by molar-refractivity contribution is -0.120. The highest BCUT2D eigenvalue weighted by molar-refractivity contribution is 5.92. The van der Waals surface area contributed by atoms with Gasteiger partial charge in [-0.1, -0.05) is 52.7 Å². The van der Waals surface area contributed by atoms with Crippen LogP contribution in [0.4, 0.5) is 5.69 Å². The van der Waals surface area contributed by atoms with Crippen LogP contribution in [-0.4, -0.2) is 11.9 Å². The Morgan fingerprint density at radius 2 is 1.62 bits per heavy atom. The van der Waals surface area contributed by atoms with E-state index in [1.54, 1.807) is 0 Å². The summed E-state index contributed by atoms with van der Waals surface area (Å²) in [5.74, 6) is 0.300. The predicted octanol–water partition coefficient (Wildman–Crippen LogP) is 4.34. The third-order valence-corrected chi connectivity index (χ3v) is 3.58. The number of hydrogen-bond donors (Lipinski definition) is 2. The zero-order chi connectivity index (χ0) is 15.7. The van der Waals surface area contributed by atoms with Crippen LogP contribution < -0.4 is 10.6 Å². The van der Waals surface area contributed by atoms with E-state index in [-0.39, 0.29) is 11.8 Å². The van der Waals surface area contributed by atoms with E-state index in [1.807, 2.05) is 12.1 Å². The van der Waals surface area contributed by atoms with Crippen molar-refractivity contribution in [3.8, 4) is 0 Å². The standard InChI is InChI=1S/C18H30N2O/c1-5-7-16(8-6-2)18(21)20-17-11-9-15(10-12-17)13-19-14(3)4/h9-12,14,16,19H,5-8,13H2,1-4H3,(H,20,21). The summed E-state index contributed by atoms with van der Waals surface area (Å²) in [5, 5.41) is 6.43. The monoisotopic (exact) mass is 290 g/mol. The highest BCUT2D eigenvalue weighted by atomic mass is 16.1. The second kappa shape index (κ2) is 9.56. The van der Waals surface area contributed by atoms with Gasteiger partial charge in [-0.25, -0.2) is 0 Å². The Labute approximate surface area is 129 Å². The molecule has 3 nitrogen and oxygen atoms in total. The molecule has 1 aromatic rings. The Hall–Kier alpha value is -1.35. The average Bonchev–Trinajstić information content (AvgIpc) is 2.46. The van der Waals surface area contributed by atoms with Gasteiger partial charge in [-0.3, -0.25) is 4.79 Å². The Morgan fingerprint density at radius 3 is 2.10 bits per heavy atom. The van der Waals surface area contributed by atoms with Crippen LogP contribution >= 0.6 is 0 Å². The molecule has 0 heterocycles. The van der Waals surface area contributed by atoms with Gasteiger partial charge in [0.2, 0.25) is 5.91 Å². The van der Waals surface area contributed by atoms with Crippen LogP contribution in [0.3, 0.4) is 0 Å². The van der Waals surface area contributed by atoms with Crippen LogP contribution in [0.15, 0.2) is 24.3 Å². The quantitative estimate of drug-likeness (QED) is 0.710. The molecule has 0 unspecified atom stereocenters. The van der Waals surface area contributed by atoms with Crippen molar-refractivity contribution in [2.24, 2.45) is 5.92 Å². The number of carbonyl (C=O) groups excluding carboxylic acids is 1. The Balaban J connectivity index is 2.55. The Kier molecular flexibility index (Phi) is 8.06. The van der Waals surface area contributed by atoms with Crippen molar-refractivity contribution in [3.63, 3.8) is 0 Å². The fraction of sp³-hybridized carbons (Fsp3) is 0.611. The largest absolute Gasteiger partial charge is 0.326 e. The molecule has 1 rings (SSSR count). The summed E-state index contributed by atoms with van der Waals surface area (Å²) >= 11 is 0. The number of amides is 1. The molecule has 0 bridgehead atoms. The fourth-order valence-electron chi connectivity index (χ4n) is 2.38. The molecule has 0 aliphatic rings. The fourth-order valence-corrected chi connectivity index (χ4v) is 2.38. The van der Waals surface area contributed by atoms with Crippen molar-refractivity contribution in [2.75, 3.05) is 5.32 Å². The minimum absolute atomic E-state index is 0.141. The van der Waals surface area contributed by atoms with Crippen LogP contribution in [0, 0.1) is 5.92 Å². The maximum atomic E-state index is 12.3. The van der Waals surface area contributed by atoms with Crippen molar-refractivity contribution in [2.45, 2.75) is 66.0 Å². The first-order valence-electron chi connectivity index (χ1n) is 8.20. The molecule has 0 saturated carbocycles. The van der Waals surface area contributed by atoms with Crippen LogP contribution in [0.2, 0.25) is 0 Å². The minimum atomic E-state index is 0.141. The van der Waals surface area contributed by atoms with Crippen molar-refractivity contribution in [1.29, 1.82) is 0 Å². The maximum Gasteiger partial charge on any atom is 0.227 e. The number of hydrogen-bond acceptors (Lipinski definition) is 2. The Bertz CT molecular complexity index is 406. The molecule has 0 spiro atoms. The van der Waals surface area contributed by atoms with Crippen LogP contribution in [0.1, 0.15) is 58.9 Å². The van der Waals surface area contributed by atoms with E-state index in [4.69, 9.17) is 0 Å². The molecule has 0 aliphatic carbocycles. The first-order valence-corrected chi connectivity index (χ1v) is 8.20. The second-order valence-corrected chi connectivity index (χ2v) is 6.00. The summed E-state index contributed by atoms with van der Waals surface area (Å²) in [7, 11) is 0. The summed E-state index contributed by atoms with van der Waals surface area (Å²) in [6.07, 6.45) is 4.04. The van der Waals surface area contributed by atoms with Gasteiger partial charge in [0.15, 0.2) is 0 Å². The van der Waals surface area contributed by atoms with Gasteiger partial charge in [-0.15, -0.1) is 0 Å². The molecular formula is C18H30N2O. The van der Waals surface area contributed by atoms with E-state index in [9.17, 15) is 4.79 Å². The molecule has 1 aromatic carbocycles. The lowest BCUT2D eigenvalue weighted by atomic mass is 9.97. The molecule has 2 N–H and O–H groups in total. The first kappa shape index (κ1) is 17.7. The number of nitrogens with one attached hydrogen (secondary N) is 2. The smallest absolute Gasteiger partial charge is 0.227 e. The Morgan fingerprint density at radius 1 is 1.05 bits per heavy atom. The predicted molar refractivity (Wildman–Crippen MR) is 90.4 cm³/mol. The summed E-state index contributed by atoms with van der Waals surface area (Å²) in [6.45, 7) is 9.39. The van der Waals surface area contributed by atoms with Crippen molar-refractivity contribution < 1.29 is 4.79 Å². The molecule has 118 valence electrons. The van der Waals surface area contributed by atoms with Crippen molar-refractivity contribution in [1.82, 2.24) is 5.32 Å². The second-order valence-electron chi connectivity index (χ2n) is 6.00. The summed E-state index contributed by atoms with van der Waals surface area (Å²) < 4.78 is 0. The number of rotatable bonds is 9. The summed E-state index contributed by atoms with van der Waals surface area (Å²) in [4.78, 5) is 12.3. The normalized spacial score (nSPS) is 11.1. The topological polar surface area (TPSA) is 41.1 Å². The molecule has 1 amide bonds. The maximum absolute atomic E-state index is 12.3. The van der Waals surface area contributed by atoms with E-state index in [2.05, 4.69) is 50.5 Å². The third-order valence-electron chi connectivity index (χ3n) is 3.58. The van der Waals surface area contributed by atoms with Gasteiger partial charge in [-0.2, -0.15) is 0 Å². The zero-order valence-corrected chi connectivity index (χ0v) is 13.9. The number of benzene rings is 1. The molecule has 0 atom stereocenters. The lowest BCUT2D eigenvalue weighted by Gasteiger charge is -2.15. The van der Waals surface area contributed by atoms with E-state index < -0.39 is 0 Å². The van der Waals surface area contributed by atoms with Crippen molar-refractivity contribution >= 4 is 11.6 Å². The third kappa shape index (κ3) is 6.76. The summed E-state index contributed by atoms with van der Waals surface area (Å²) in [5.41, 5.74) is 2.13. The van der Waals surface area contributed by atoms with E-state index >= 15 is 0 Å². The minimum Gasteiger partial charge on any atom is -0.326 e. The van der Waals surface area contributed by atoms with Gasteiger partial charge in [0, 0.05) is 24.2 Å². The SMILES string of the molecule is CCCC(CCC)C(=O)Nc1ccc(CNC(C)C)cc1. The van der Waals surface area contributed by atoms with Gasteiger partial charge in [0.05, 0.1) is 0 Å². The first-order chi connectivity index (χ1) is 10.1. The molecule has 0 fully saturated rings. The molecule has 0 aromatic heterocycles. The van der Waals surface area contributed by atoms with Crippen LogP contribution in [-0.2, 0) is 11.3 Å². The number of carbonyl (C=O) groups is 1.